The third-order valence-corrected chi connectivity index (χ3v) is 5.82. The molecule has 1 saturated carbocycles. The second-order valence-corrected chi connectivity index (χ2v) is 7.88. The summed E-state index contributed by atoms with van der Waals surface area (Å²) in [5.41, 5.74) is 3.51. The molecule has 1 aliphatic rings. The van der Waals surface area contributed by atoms with Crippen molar-refractivity contribution in [1.29, 1.82) is 0 Å². The van der Waals surface area contributed by atoms with Gasteiger partial charge in [0, 0.05) is 3.92 Å². The molecule has 0 atom stereocenters. The Hall–Kier alpha value is -1.10. The molecule has 0 aromatic heterocycles. The molecule has 1 fully saturated rings. The summed E-state index contributed by atoms with van der Waals surface area (Å²) in [4.78, 5) is 3.71. The van der Waals surface area contributed by atoms with Crippen molar-refractivity contribution >= 4 is 45.7 Å². The lowest BCUT2D eigenvalue weighted by Gasteiger charge is -2.25. The zero-order valence-corrected chi connectivity index (χ0v) is 15.6. The average Bonchev–Trinajstić information content (AvgIpc) is 2.58. The predicted molar refractivity (Wildman–Crippen MR) is 106 cm³/mol. The molecule has 0 N–H and O–H groups in total. The summed E-state index contributed by atoms with van der Waals surface area (Å²) in [6.45, 7) is 0. The van der Waals surface area contributed by atoms with Gasteiger partial charge in [0.1, 0.15) is 11.5 Å². The summed E-state index contributed by atoms with van der Waals surface area (Å²) in [5.74, 6) is 0.301. The van der Waals surface area contributed by atoms with Gasteiger partial charge in [-0.3, -0.25) is 0 Å². The summed E-state index contributed by atoms with van der Waals surface area (Å²) in [6.07, 6.45) is 5.15. The van der Waals surface area contributed by atoms with Crippen molar-refractivity contribution in [1.82, 2.24) is 0 Å². The first kappa shape index (κ1) is 16.7. The van der Waals surface area contributed by atoms with Crippen molar-refractivity contribution in [2.24, 2.45) is 4.99 Å². The van der Waals surface area contributed by atoms with Crippen molar-refractivity contribution in [3.05, 3.63) is 53.8 Å². The van der Waals surface area contributed by atoms with Crippen LogP contribution in [0.1, 0.15) is 37.2 Å². The minimum atomic E-state index is -0.371. The van der Waals surface area contributed by atoms with Crippen molar-refractivity contribution in [3.63, 3.8) is 0 Å². The number of alkyl halides is 1. The molecule has 2 aromatic rings. The van der Waals surface area contributed by atoms with E-state index in [0.29, 0.717) is 5.92 Å². The molecular formula is C19H17FINS. The third-order valence-electron chi connectivity index (χ3n) is 4.49. The van der Waals surface area contributed by atoms with Crippen LogP contribution in [-0.2, 0) is 0 Å². The number of aliphatic imine (C=N–C) groups is 1. The van der Waals surface area contributed by atoms with Crippen molar-refractivity contribution in [2.45, 2.75) is 35.5 Å². The number of benzene rings is 2. The fourth-order valence-electron chi connectivity index (χ4n) is 3.16. The first-order chi connectivity index (χ1) is 11.2. The molecule has 2 aromatic carbocycles. The topological polar surface area (TPSA) is 12.4 Å². The van der Waals surface area contributed by atoms with E-state index in [1.807, 2.05) is 6.07 Å². The van der Waals surface area contributed by atoms with Crippen LogP contribution in [-0.4, -0.2) is 9.09 Å². The second kappa shape index (κ2) is 7.65. The maximum atomic E-state index is 13.9. The molecule has 118 valence electrons. The molecule has 1 aliphatic carbocycles. The Morgan fingerprint density at radius 1 is 1.00 bits per heavy atom. The standard InChI is InChI=1S/C19H17FINS/c20-18-11-16(7-10-19(18)22-12-23)15-3-1-13(2-4-15)14-5-8-17(21)9-6-14/h1-4,7,10-11,14,17H,5-6,8-9H2. The summed E-state index contributed by atoms with van der Waals surface area (Å²) >= 11 is 7.08. The quantitative estimate of drug-likeness (QED) is 0.226. The summed E-state index contributed by atoms with van der Waals surface area (Å²) < 4.78 is 14.8. The molecule has 0 heterocycles. The average molecular weight is 437 g/mol. The van der Waals surface area contributed by atoms with Crippen LogP contribution < -0.4 is 0 Å². The van der Waals surface area contributed by atoms with E-state index in [1.54, 1.807) is 6.07 Å². The van der Waals surface area contributed by atoms with Crippen LogP contribution in [0.15, 0.2) is 47.5 Å². The van der Waals surface area contributed by atoms with E-state index >= 15 is 0 Å². The normalized spacial score (nSPS) is 20.8. The lowest BCUT2D eigenvalue weighted by Crippen LogP contribution is -2.12. The predicted octanol–water partition coefficient (Wildman–Crippen LogP) is 6.69. The van der Waals surface area contributed by atoms with Crippen LogP contribution in [0.5, 0.6) is 0 Å². The van der Waals surface area contributed by atoms with Crippen LogP contribution in [0.2, 0.25) is 0 Å². The molecule has 0 aliphatic heterocycles. The van der Waals surface area contributed by atoms with Gasteiger partial charge in [-0.2, -0.15) is 4.99 Å². The van der Waals surface area contributed by atoms with Crippen LogP contribution >= 0.6 is 34.8 Å². The van der Waals surface area contributed by atoms with Crippen molar-refractivity contribution in [2.75, 3.05) is 0 Å². The van der Waals surface area contributed by atoms with E-state index in [1.165, 1.54) is 37.3 Å². The molecule has 0 saturated heterocycles. The van der Waals surface area contributed by atoms with E-state index in [0.717, 1.165) is 15.1 Å². The number of thiocarbonyl (C=S) groups is 1. The summed E-state index contributed by atoms with van der Waals surface area (Å²) in [7, 11) is 0. The molecule has 0 amide bonds. The third kappa shape index (κ3) is 4.06. The minimum absolute atomic E-state index is 0.232. The lowest BCUT2D eigenvalue weighted by molar-refractivity contribution is 0.462. The molecule has 0 spiro atoms. The molecule has 3 rings (SSSR count). The molecule has 0 radical (unpaired) electrons. The monoisotopic (exact) mass is 437 g/mol. The zero-order valence-electron chi connectivity index (χ0n) is 12.6. The Morgan fingerprint density at radius 2 is 1.65 bits per heavy atom. The summed E-state index contributed by atoms with van der Waals surface area (Å²) in [5, 5.41) is 2.20. The number of rotatable bonds is 3. The Morgan fingerprint density at radius 3 is 2.26 bits per heavy atom. The number of isothiocyanates is 1. The Labute approximate surface area is 155 Å². The zero-order chi connectivity index (χ0) is 16.2. The van der Waals surface area contributed by atoms with Crippen LogP contribution in [0.3, 0.4) is 0 Å². The Bertz CT molecular complexity index is 730. The highest BCUT2D eigenvalue weighted by Gasteiger charge is 2.20. The van der Waals surface area contributed by atoms with Gasteiger partial charge in [-0.25, -0.2) is 4.39 Å². The molecule has 23 heavy (non-hydrogen) atoms. The largest absolute Gasteiger partial charge is 0.205 e. The van der Waals surface area contributed by atoms with Crippen molar-refractivity contribution in [3.8, 4) is 11.1 Å². The number of hydrogen-bond donors (Lipinski definition) is 0. The van der Waals surface area contributed by atoms with Gasteiger partial charge in [0.25, 0.3) is 0 Å². The Kier molecular flexibility index (Phi) is 5.57. The van der Waals surface area contributed by atoms with Crippen molar-refractivity contribution < 1.29 is 4.39 Å². The van der Waals surface area contributed by atoms with Gasteiger partial charge < -0.3 is 0 Å². The molecular weight excluding hydrogens is 420 g/mol. The van der Waals surface area contributed by atoms with Gasteiger partial charge in [0.2, 0.25) is 0 Å². The SMILES string of the molecule is Fc1cc(-c2ccc(C3CCC(I)CC3)cc2)ccc1N=C=S. The van der Waals surface area contributed by atoms with Gasteiger partial charge in [-0.05, 0) is 72.6 Å². The van der Waals surface area contributed by atoms with Gasteiger partial charge >= 0.3 is 0 Å². The maximum absolute atomic E-state index is 13.9. The van der Waals surface area contributed by atoms with E-state index in [2.05, 4.69) is 69.2 Å². The van der Waals surface area contributed by atoms with E-state index in [4.69, 9.17) is 0 Å². The van der Waals surface area contributed by atoms with E-state index in [9.17, 15) is 4.39 Å². The Balaban J connectivity index is 1.79. The second-order valence-electron chi connectivity index (χ2n) is 5.94. The molecule has 0 unspecified atom stereocenters. The van der Waals surface area contributed by atoms with E-state index in [-0.39, 0.29) is 11.5 Å². The maximum Gasteiger partial charge on any atom is 0.150 e. The fourth-order valence-corrected chi connectivity index (χ4v) is 3.98. The lowest BCUT2D eigenvalue weighted by atomic mass is 9.83. The van der Waals surface area contributed by atoms with Crippen LogP contribution in [0, 0.1) is 5.82 Å². The van der Waals surface area contributed by atoms with Gasteiger partial charge in [-0.1, -0.05) is 52.9 Å². The highest BCUT2D eigenvalue weighted by atomic mass is 127. The fraction of sp³-hybridized carbons (Fsp3) is 0.316. The highest BCUT2D eigenvalue weighted by molar-refractivity contribution is 14.1. The van der Waals surface area contributed by atoms with Gasteiger partial charge in [0.15, 0.2) is 0 Å². The van der Waals surface area contributed by atoms with Crippen LogP contribution in [0.25, 0.3) is 11.1 Å². The molecule has 1 nitrogen and oxygen atoms in total. The number of hydrogen-bond acceptors (Lipinski definition) is 2. The minimum Gasteiger partial charge on any atom is -0.205 e. The highest BCUT2D eigenvalue weighted by Crippen LogP contribution is 2.36. The molecule has 4 heteroatoms. The van der Waals surface area contributed by atoms with Gasteiger partial charge in [0.05, 0.1) is 5.16 Å². The van der Waals surface area contributed by atoms with E-state index < -0.39 is 0 Å². The number of nitrogens with zero attached hydrogens (tertiary/aromatic N) is 1. The van der Waals surface area contributed by atoms with Crippen LogP contribution in [0.4, 0.5) is 10.1 Å². The first-order valence-electron chi connectivity index (χ1n) is 7.79. The summed E-state index contributed by atoms with van der Waals surface area (Å²) in [6, 6.07) is 13.6. The smallest absolute Gasteiger partial charge is 0.150 e. The molecule has 0 bridgehead atoms. The number of halogens is 2. The first-order valence-corrected chi connectivity index (χ1v) is 9.44. The van der Waals surface area contributed by atoms with Gasteiger partial charge in [-0.15, -0.1) is 0 Å².